The van der Waals surface area contributed by atoms with Crippen LogP contribution in [0, 0.1) is 0 Å². The first-order valence-electron chi connectivity index (χ1n) is 5.82. The lowest BCUT2D eigenvalue weighted by Gasteiger charge is -2.34. The smallest absolute Gasteiger partial charge is 0.134 e. The average Bonchev–Trinajstić information content (AvgIpc) is 2.37. The van der Waals surface area contributed by atoms with Gasteiger partial charge in [0.15, 0.2) is 0 Å². The molecule has 0 bridgehead atoms. The highest BCUT2D eigenvalue weighted by atomic mass is 79.9. The summed E-state index contributed by atoms with van der Waals surface area (Å²) in [6, 6.07) is 3.15. The van der Waals surface area contributed by atoms with Crippen LogP contribution in [0.4, 0.5) is 4.39 Å². The Labute approximate surface area is 147 Å². The van der Waals surface area contributed by atoms with Crippen molar-refractivity contribution < 1.29 is 9.50 Å². The van der Waals surface area contributed by atoms with Gasteiger partial charge in [-0.3, -0.25) is 4.90 Å². The van der Waals surface area contributed by atoms with E-state index in [1.54, 1.807) is 12.1 Å². The van der Waals surface area contributed by atoms with Crippen LogP contribution < -0.4 is 5.32 Å². The minimum atomic E-state index is -0.504. The van der Waals surface area contributed by atoms with Gasteiger partial charge < -0.3 is 10.4 Å². The minimum Gasteiger partial charge on any atom is -0.506 e. The predicted molar refractivity (Wildman–Crippen MR) is 91.2 cm³/mol. The Kier molecular flexibility index (Phi) is 9.63. The maximum absolute atomic E-state index is 13.4. The van der Waals surface area contributed by atoms with Crippen molar-refractivity contribution in [3.05, 3.63) is 26.6 Å². The lowest BCUT2D eigenvalue weighted by atomic mass is 10.0. The number of alkyl halides is 1. The number of piperazine rings is 1. The number of aromatic hydroxyl groups is 1. The molecule has 1 heterocycles. The second kappa shape index (κ2) is 9.43. The van der Waals surface area contributed by atoms with Crippen LogP contribution in [0.1, 0.15) is 11.6 Å². The third kappa shape index (κ3) is 4.71. The number of phenols is 1. The molecular formula is C12H17Br2Cl2FN2O. The molecule has 20 heavy (non-hydrogen) atoms. The van der Waals surface area contributed by atoms with Crippen LogP contribution in [0.25, 0.3) is 0 Å². The zero-order valence-electron chi connectivity index (χ0n) is 10.6. The molecule has 1 fully saturated rings. The highest BCUT2D eigenvalue weighted by Crippen LogP contribution is 2.37. The fraction of sp³-hybridized carbons (Fsp3) is 0.500. The zero-order chi connectivity index (χ0) is 13.1. The molecule has 0 aromatic heterocycles. The third-order valence-electron chi connectivity index (χ3n) is 3.16. The molecule has 0 unspecified atom stereocenters. The number of nitrogens with zero attached hydrogens (tertiary/aromatic N) is 1. The largest absolute Gasteiger partial charge is 0.506 e. The van der Waals surface area contributed by atoms with Gasteiger partial charge in [-0.1, -0.05) is 15.9 Å². The fourth-order valence-corrected chi connectivity index (χ4v) is 3.47. The fourth-order valence-electron chi connectivity index (χ4n) is 2.21. The molecule has 2 N–H and O–H groups in total. The quantitative estimate of drug-likeness (QED) is 0.731. The van der Waals surface area contributed by atoms with Crippen molar-refractivity contribution in [1.29, 1.82) is 0 Å². The molecule has 1 aromatic carbocycles. The van der Waals surface area contributed by atoms with E-state index in [2.05, 4.69) is 42.1 Å². The first kappa shape index (κ1) is 20.4. The summed E-state index contributed by atoms with van der Waals surface area (Å²) >= 11 is 6.66. The molecule has 2 rings (SSSR count). The number of hydrogen-bond acceptors (Lipinski definition) is 3. The van der Waals surface area contributed by atoms with E-state index >= 15 is 0 Å². The van der Waals surface area contributed by atoms with Crippen molar-refractivity contribution in [2.24, 2.45) is 0 Å². The van der Waals surface area contributed by atoms with Crippen LogP contribution in [-0.4, -0.2) is 42.9 Å². The summed E-state index contributed by atoms with van der Waals surface area (Å²) in [7, 11) is 0. The molecule has 116 valence electrons. The average molecular weight is 455 g/mol. The van der Waals surface area contributed by atoms with E-state index in [1.807, 2.05) is 0 Å². The Morgan fingerprint density at radius 3 is 2.40 bits per heavy atom. The summed E-state index contributed by atoms with van der Waals surface area (Å²) in [6.45, 7) is 2.78. The van der Waals surface area contributed by atoms with Gasteiger partial charge in [0.05, 0.1) is 10.5 Å². The van der Waals surface area contributed by atoms with E-state index in [0.717, 1.165) is 30.7 Å². The molecule has 8 heteroatoms. The number of nitrogens with one attached hydrogen (secondary N) is 1. The highest BCUT2D eigenvalue weighted by Gasteiger charge is 2.25. The Hall–Kier alpha value is 0.410. The normalized spacial score (nSPS) is 16.9. The molecule has 0 saturated carbocycles. The molecule has 0 spiro atoms. The zero-order valence-corrected chi connectivity index (χ0v) is 15.4. The van der Waals surface area contributed by atoms with Gasteiger partial charge in [-0.25, -0.2) is 4.39 Å². The third-order valence-corrected chi connectivity index (χ3v) is 4.22. The Balaban J connectivity index is 0.00000180. The van der Waals surface area contributed by atoms with E-state index in [4.69, 9.17) is 0 Å². The van der Waals surface area contributed by atoms with Gasteiger partial charge in [-0.15, -0.1) is 24.8 Å². The van der Waals surface area contributed by atoms with Crippen molar-refractivity contribution in [3.8, 4) is 5.75 Å². The monoisotopic (exact) mass is 452 g/mol. The first-order chi connectivity index (χ1) is 8.63. The number of phenolic OH excluding ortho intramolecular Hbond substituents is 1. The van der Waals surface area contributed by atoms with E-state index < -0.39 is 6.67 Å². The van der Waals surface area contributed by atoms with Crippen LogP contribution in [0.3, 0.4) is 0 Å². The summed E-state index contributed by atoms with van der Waals surface area (Å²) in [5, 5.41) is 13.3. The van der Waals surface area contributed by atoms with Gasteiger partial charge in [0.2, 0.25) is 0 Å². The molecule has 1 aliphatic rings. The maximum atomic E-state index is 13.4. The molecule has 1 aliphatic heterocycles. The lowest BCUT2D eigenvalue weighted by Crippen LogP contribution is -2.45. The van der Waals surface area contributed by atoms with Crippen LogP contribution in [-0.2, 0) is 0 Å². The van der Waals surface area contributed by atoms with Crippen molar-refractivity contribution in [1.82, 2.24) is 10.2 Å². The van der Waals surface area contributed by atoms with Gasteiger partial charge in [0, 0.05) is 36.2 Å². The van der Waals surface area contributed by atoms with Gasteiger partial charge in [-0.05, 0) is 28.1 Å². The van der Waals surface area contributed by atoms with Crippen LogP contribution in [0.5, 0.6) is 5.75 Å². The summed E-state index contributed by atoms with van der Waals surface area (Å²) in [5.74, 6) is 0.124. The van der Waals surface area contributed by atoms with Crippen molar-refractivity contribution in [2.75, 3.05) is 32.9 Å². The number of rotatable bonds is 3. The second-order valence-electron chi connectivity index (χ2n) is 4.28. The van der Waals surface area contributed by atoms with E-state index in [0.29, 0.717) is 10.0 Å². The second-order valence-corrected chi connectivity index (χ2v) is 6.05. The summed E-state index contributed by atoms with van der Waals surface area (Å²) in [6.07, 6.45) is 0. The van der Waals surface area contributed by atoms with Crippen molar-refractivity contribution in [2.45, 2.75) is 6.04 Å². The van der Waals surface area contributed by atoms with Crippen molar-refractivity contribution in [3.63, 3.8) is 0 Å². The molecular weight excluding hydrogens is 438 g/mol. The van der Waals surface area contributed by atoms with E-state index in [1.165, 1.54) is 0 Å². The topological polar surface area (TPSA) is 35.5 Å². The predicted octanol–water partition coefficient (Wildman–Crippen LogP) is 3.68. The van der Waals surface area contributed by atoms with Crippen LogP contribution >= 0.6 is 56.7 Å². The van der Waals surface area contributed by atoms with Gasteiger partial charge in [0.25, 0.3) is 0 Å². The number of halogens is 5. The maximum Gasteiger partial charge on any atom is 0.134 e. The summed E-state index contributed by atoms with van der Waals surface area (Å²) < 4.78 is 14.8. The molecule has 0 amide bonds. The molecule has 1 atom stereocenters. The Bertz CT molecular complexity index is 434. The van der Waals surface area contributed by atoms with Crippen LogP contribution in [0.15, 0.2) is 21.1 Å². The Morgan fingerprint density at radius 2 is 1.85 bits per heavy atom. The van der Waals surface area contributed by atoms with E-state index in [9.17, 15) is 9.50 Å². The standard InChI is InChI=1S/C12H15Br2FN2O.2ClH/c13-8-5-9(12(18)10(14)6-8)11(7-15)17-3-1-16-2-4-17;;/h5-6,11,16,18H,1-4,7H2;2*1H/t11-;;/m0../s1. The summed E-state index contributed by atoms with van der Waals surface area (Å²) in [5.41, 5.74) is 0.626. The molecule has 0 aliphatic carbocycles. The highest BCUT2D eigenvalue weighted by molar-refractivity contribution is 9.11. The molecule has 3 nitrogen and oxygen atoms in total. The van der Waals surface area contributed by atoms with Gasteiger partial charge >= 0.3 is 0 Å². The van der Waals surface area contributed by atoms with Crippen molar-refractivity contribution >= 4 is 56.7 Å². The van der Waals surface area contributed by atoms with Gasteiger partial charge in [0.1, 0.15) is 12.4 Å². The van der Waals surface area contributed by atoms with E-state index in [-0.39, 0.29) is 36.6 Å². The minimum absolute atomic E-state index is 0. The molecule has 1 aromatic rings. The number of benzene rings is 1. The molecule has 0 radical (unpaired) electrons. The summed E-state index contributed by atoms with van der Waals surface area (Å²) in [4.78, 5) is 2.06. The molecule has 1 saturated heterocycles. The SMILES string of the molecule is Cl.Cl.Oc1c(Br)cc(Br)cc1[C@H](CF)N1CCNCC1. The van der Waals surface area contributed by atoms with Crippen LogP contribution in [0.2, 0.25) is 0 Å². The lowest BCUT2D eigenvalue weighted by molar-refractivity contribution is 0.145. The van der Waals surface area contributed by atoms with Gasteiger partial charge in [-0.2, -0.15) is 0 Å². The first-order valence-corrected chi connectivity index (χ1v) is 7.40. The Morgan fingerprint density at radius 1 is 1.25 bits per heavy atom. The number of hydrogen-bond donors (Lipinski definition) is 2.